The molecule has 0 aromatic rings. The monoisotopic (exact) mass is 997 g/mol. The van der Waals surface area contributed by atoms with Gasteiger partial charge in [0.2, 0.25) is 53.2 Å². The molecular weight excluding hydrogens is 930 g/mol. The molecule has 9 amide bonds. The highest BCUT2D eigenvalue weighted by Gasteiger charge is 2.35. The molecule has 0 aliphatic rings. The summed E-state index contributed by atoms with van der Waals surface area (Å²) in [5.41, 5.74) is 43.4. The van der Waals surface area contributed by atoms with Crippen molar-refractivity contribution in [3.63, 3.8) is 0 Å². The minimum Gasteiger partial charge on any atom is -0.370 e. The molecule has 0 spiro atoms. The van der Waals surface area contributed by atoms with E-state index in [4.69, 9.17) is 45.9 Å². The van der Waals surface area contributed by atoms with E-state index in [1.165, 1.54) is 13.8 Å². The molecule has 382 valence electrons. The fourth-order valence-electron chi connectivity index (χ4n) is 5.46. The molecule has 0 radical (unpaired) electrons. The number of amides is 9. The van der Waals surface area contributed by atoms with Crippen molar-refractivity contribution >= 4 is 85.5 Å². The van der Waals surface area contributed by atoms with Crippen molar-refractivity contribution in [2.75, 3.05) is 32.0 Å². The molecule has 67 heavy (non-hydrogen) atoms. The summed E-state index contributed by atoms with van der Waals surface area (Å²) in [6.45, 7) is 1.69. The average molecular weight is 998 g/mol. The van der Waals surface area contributed by atoms with Gasteiger partial charge in [-0.05, 0) is 71.8 Å². The Bertz CT molecular complexity index is 1800. The second kappa shape index (κ2) is 32.0. The summed E-state index contributed by atoms with van der Waals surface area (Å²) in [4.78, 5) is 144. The summed E-state index contributed by atoms with van der Waals surface area (Å²) in [7, 11) is -5.32. The number of phosphoric acid groups is 1. The third-order valence-electron chi connectivity index (χ3n) is 9.11. The number of hydrogen-bond donors (Lipinski definition) is 18. The third-order valence-corrected chi connectivity index (χ3v) is 9.96. The molecule has 0 saturated carbocycles. The van der Waals surface area contributed by atoms with Crippen LogP contribution in [-0.4, -0.2) is 155 Å². The van der Waals surface area contributed by atoms with Crippen molar-refractivity contribution in [3.05, 3.63) is 0 Å². The fraction of sp³-hybridized carbons (Fsp3) is 0.686. The van der Waals surface area contributed by atoms with Crippen LogP contribution in [0.4, 0.5) is 0 Å². The fourth-order valence-corrected chi connectivity index (χ4v) is 6.06. The Morgan fingerprint density at radius 3 is 1.33 bits per heavy atom. The summed E-state index contributed by atoms with van der Waals surface area (Å²) in [6, 6.07) is -11.5. The second-order valence-corrected chi connectivity index (χ2v) is 16.5. The molecule has 0 saturated heterocycles. The number of rotatable bonds is 34. The Kier molecular flexibility index (Phi) is 29.2. The number of carbonyl (C=O) groups is 9. The maximum absolute atomic E-state index is 14.0. The molecule has 0 aromatic heterocycles. The Hall–Kier alpha value is -5.85. The molecule has 0 fully saturated rings. The molecule has 0 unspecified atom stereocenters. The van der Waals surface area contributed by atoms with Gasteiger partial charge in [-0.15, -0.1) is 0 Å². The van der Waals surface area contributed by atoms with Gasteiger partial charge >= 0.3 is 7.82 Å². The summed E-state index contributed by atoms with van der Waals surface area (Å²) in [5, 5.41) is 16.6. The average Bonchev–Trinajstić information content (AvgIpc) is 3.23. The van der Waals surface area contributed by atoms with E-state index in [1.54, 1.807) is 0 Å². The van der Waals surface area contributed by atoms with E-state index in [9.17, 15) is 57.5 Å². The minimum absolute atomic E-state index is 0.00313. The van der Waals surface area contributed by atoms with Gasteiger partial charge in [0.15, 0.2) is 11.9 Å². The molecule has 0 heterocycles. The molecule has 8 atom stereocenters. The van der Waals surface area contributed by atoms with Crippen LogP contribution in [0.25, 0.3) is 0 Å². The van der Waals surface area contributed by atoms with Crippen LogP contribution in [0.2, 0.25) is 0 Å². The van der Waals surface area contributed by atoms with E-state index in [1.807, 2.05) is 0 Å². The first-order valence-corrected chi connectivity index (χ1v) is 23.0. The number of phosphoric ester groups is 1. The zero-order chi connectivity index (χ0) is 51.4. The number of primary amides is 2. The number of carbonyl (C=O) groups excluding carboxylic acids is 9. The van der Waals surface area contributed by atoms with Crippen LogP contribution in [-0.2, 0) is 52.2 Å². The predicted molar refractivity (Wildman–Crippen MR) is 245 cm³/mol. The Morgan fingerprint density at radius 1 is 0.567 bits per heavy atom. The molecule has 0 rings (SSSR count). The number of hydrogen-bond acceptors (Lipinski definition) is 16. The van der Waals surface area contributed by atoms with Crippen LogP contribution in [0.5, 0.6) is 0 Å². The number of aliphatic imine (C=N–C) groups is 2. The molecular formula is C35H68N17O13PS. The van der Waals surface area contributed by atoms with Crippen molar-refractivity contribution in [2.24, 2.45) is 55.9 Å². The van der Waals surface area contributed by atoms with E-state index in [2.05, 4.69) is 64.4 Å². The largest absolute Gasteiger partial charge is 0.469 e. The van der Waals surface area contributed by atoms with Gasteiger partial charge in [-0.2, -0.15) is 12.6 Å². The number of thiol groups is 1. The summed E-state index contributed by atoms with van der Waals surface area (Å²) in [6.07, 6.45) is -0.191. The van der Waals surface area contributed by atoms with Gasteiger partial charge < -0.3 is 92.9 Å². The van der Waals surface area contributed by atoms with E-state index in [0.29, 0.717) is 6.42 Å². The van der Waals surface area contributed by atoms with Crippen LogP contribution < -0.4 is 83.1 Å². The Morgan fingerprint density at radius 2 is 0.940 bits per heavy atom. The zero-order valence-corrected chi connectivity index (χ0v) is 39.1. The van der Waals surface area contributed by atoms with E-state index in [0.717, 1.165) is 0 Å². The number of nitrogens with one attached hydrogen (secondary N) is 7. The molecule has 0 aromatic carbocycles. The molecule has 0 aliphatic heterocycles. The smallest absolute Gasteiger partial charge is 0.370 e. The topological polar surface area (TPSA) is 537 Å². The molecule has 0 aliphatic carbocycles. The van der Waals surface area contributed by atoms with Crippen LogP contribution in [0.15, 0.2) is 9.98 Å². The van der Waals surface area contributed by atoms with Crippen molar-refractivity contribution in [1.82, 2.24) is 37.2 Å². The van der Waals surface area contributed by atoms with Gasteiger partial charge in [0.1, 0.15) is 42.3 Å². The first-order valence-electron chi connectivity index (χ1n) is 20.8. The molecule has 0 bridgehead atoms. The van der Waals surface area contributed by atoms with Gasteiger partial charge in [0.25, 0.3) is 0 Å². The Labute approximate surface area is 391 Å². The van der Waals surface area contributed by atoms with Crippen LogP contribution in [0, 0.1) is 0 Å². The zero-order valence-electron chi connectivity index (χ0n) is 37.3. The maximum Gasteiger partial charge on any atom is 0.469 e. The highest BCUT2D eigenvalue weighted by Crippen LogP contribution is 2.35. The third kappa shape index (κ3) is 27.4. The SMILES string of the molecule is C[C@H](N)C(=O)N[C@@H](CCCN=C(N)N)C(=O)N[C@@H](CCCN=C(N)N)C(=O)N[C@@H](CCCCN)C(=O)N[C@@H](COP(=O)(O)O)C(=O)N[C@@H](CS)C(=O)N[C@@H](CCC(N)=O)C(=O)N[C@@H](C)C(N)=O. The second-order valence-electron chi connectivity index (χ2n) is 14.9. The first-order chi connectivity index (χ1) is 31.2. The number of nitrogens with zero attached hydrogens (tertiary/aromatic N) is 2. The highest BCUT2D eigenvalue weighted by molar-refractivity contribution is 7.80. The molecule has 30 nitrogen and oxygen atoms in total. The number of guanidine groups is 2. The van der Waals surface area contributed by atoms with Gasteiger partial charge in [-0.3, -0.25) is 57.7 Å². The van der Waals surface area contributed by atoms with E-state index < -0.39 is 128 Å². The lowest BCUT2D eigenvalue weighted by molar-refractivity contribution is -0.136. The highest BCUT2D eigenvalue weighted by atomic mass is 32.1. The quantitative estimate of drug-likeness (QED) is 0.00936. The molecule has 32 heteroatoms. The summed E-state index contributed by atoms with van der Waals surface area (Å²) < 4.78 is 16.2. The molecule has 25 N–H and O–H groups in total. The van der Waals surface area contributed by atoms with Gasteiger partial charge in [0.05, 0.1) is 12.6 Å². The Balaban J connectivity index is 6.72. The lowest BCUT2D eigenvalue weighted by Gasteiger charge is -2.27. The van der Waals surface area contributed by atoms with Gasteiger partial charge in [0, 0.05) is 25.3 Å². The number of unbranched alkanes of at least 4 members (excludes halogenated alkanes) is 1. The van der Waals surface area contributed by atoms with Crippen LogP contribution in [0.3, 0.4) is 0 Å². The number of nitrogens with two attached hydrogens (primary N) is 8. The standard InChI is InChI=1S/C35H68N17O13PS/c1-17(37)27(55)47-20(8-5-13-44-34(40)41)29(57)49-21(9-6-14-45-35(42)43)30(58)48-19(7-3-4-12-36)31(59)51-23(15-65-66(62,63)64)32(60)52-24(16-67)33(61)50-22(10-11-25(38)53)28(56)46-18(2)26(39)54/h17-24,67H,3-16,36-37H2,1-2H3,(H2,38,53)(H2,39,54)(H,46,56)(H,47,55)(H,48,58)(H,49,57)(H,50,61)(H,51,59)(H,52,60)(H4,40,41,44)(H4,42,43,45)(H2,62,63,64)/t17-,18-,19-,20-,21-,22-,23-,24-/m0/s1. The van der Waals surface area contributed by atoms with Gasteiger partial charge in [-0.1, -0.05) is 0 Å². The van der Waals surface area contributed by atoms with Crippen molar-refractivity contribution in [3.8, 4) is 0 Å². The predicted octanol–water partition coefficient (Wildman–Crippen LogP) is -8.23. The van der Waals surface area contributed by atoms with E-state index in [-0.39, 0.29) is 76.5 Å². The summed E-state index contributed by atoms with van der Waals surface area (Å²) >= 11 is 4.07. The lowest BCUT2D eigenvalue weighted by Crippen LogP contribution is -2.61. The van der Waals surface area contributed by atoms with E-state index >= 15 is 0 Å². The summed E-state index contributed by atoms with van der Waals surface area (Å²) in [5.74, 6) is -9.58. The van der Waals surface area contributed by atoms with Crippen molar-refractivity contribution in [2.45, 2.75) is 120 Å². The minimum atomic E-state index is -5.32. The first kappa shape index (κ1) is 61.1. The maximum atomic E-state index is 14.0. The van der Waals surface area contributed by atoms with Crippen molar-refractivity contribution in [1.29, 1.82) is 0 Å². The normalized spacial score (nSPS) is 14.7. The van der Waals surface area contributed by atoms with Crippen LogP contribution in [0.1, 0.15) is 71.6 Å². The van der Waals surface area contributed by atoms with Gasteiger partial charge in [-0.25, -0.2) is 4.57 Å². The van der Waals surface area contributed by atoms with Crippen molar-refractivity contribution < 1.29 is 62.0 Å². The van der Waals surface area contributed by atoms with Crippen LogP contribution >= 0.6 is 20.5 Å². The lowest BCUT2D eigenvalue weighted by atomic mass is 10.0.